The molecule has 2 aromatic carbocycles. The van der Waals surface area contributed by atoms with Gasteiger partial charge in [-0.15, -0.1) is 0 Å². The van der Waals surface area contributed by atoms with Gasteiger partial charge in [-0.3, -0.25) is 0 Å². The number of thioether (sulfide) groups is 1. The summed E-state index contributed by atoms with van der Waals surface area (Å²) in [5.41, 5.74) is 1.41. The zero-order valence-corrected chi connectivity index (χ0v) is 16.5. The average molecular weight is 412 g/mol. The fourth-order valence-electron chi connectivity index (χ4n) is 2.85. The lowest BCUT2D eigenvalue weighted by Gasteiger charge is -2.15. The van der Waals surface area contributed by atoms with E-state index in [4.69, 9.17) is 4.42 Å². The summed E-state index contributed by atoms with van der Waals surface area (Å²) in [6.45, 7) is 0. The van der Waals surface area contributed by atoms with Gasteiger partial charge in [-0.25, -0.2) is 14.4 Å². The lowest BCUT2D eigenvalue weighted by atomic mass is 10.1. The van der Waals surface area contributed by atoms with Crippen LogP contribution in [0.25, 0.3) is 22.1 Å². The summed E-state index contributed by atoms with van der Waals surface area (Å²) in [5, 5.41) is 15.1. The van der Waals surface area contributed by atoms with Gasteiger partial charge in [0.15, 0.2) is 0 Å². The van der Waals surface area contributed by atoms with Gasteiger partial charge in [-0.2, -0.15) is 11.8 Å². The van der Waals surface area contributed by atoms with Crippen LogP contribution in [0, 0.1) is 0 Å². The smallest absolute Gasteiger partial charge is 0.344 e. The number of carbonyl (C=O) groups is 2. The van der Waals surface area contributed by atoms with Crippen molar-refractivity contribution >= 4 is 40.4 Å². The number of rotatable bonds is 7. The summed E-state index contributed by atoms with van der Waals surface area (Å²) in [6.07, 6.45) is 2.19. The highest BCUT2D eigenvalue weighted by molar-refractivity contribution is 7.98. The van der Waals surface area contributed by atoms with E-state index in [9.17, 15) is 19.5 Å². The Kier molecular flexibility index (Phi) is 6.56. The molecule has 3 aromatic rings. The van der Waals surface area contributed by atoms with Crippen LogP contribution in [0.5, 0.6) is 0 Å². The van der Waals surface area contributed by atoms with Gasteiger partial charge >= 0.3 is 17.6 Å². The van der Waals surface area contributed by atoms with Crippen molar-refractivity contribution in [3.05, 3.63) is 65.0 Å². The maximum atomic E-state index is 12.4. The van der Waals surface area contributed by atoms with Crippen LogP contribution in [-0.2, 0) is 4.79 Å². The van der Waals surface area contributed by atoms with Gasteiger partial charge in [0.05, 0.1) is 5.56 Å². The molecule has 0 bridgehead atoms. The first-order chi connectivity index (χ1) is 14.0. The highest BCUT2D eigenvalue weighted by atomic mass is 32.2. The van der Waals surface area contributed by atoms with Crippen LogP contribution in [0.2, 0.25) is 0 Å². The van der Waals surface area contributed by atoms with Gasteiger partial charge in [0, 0.05) is 11.1 Å². The molecular weight excluding hydrogens is 392 g/mol. The quantitative estimate of drug-likeness (QED) is 0.510. The van der Waals surface area contributed by atoms with E-state index in [1.54, 1.807) is 42.5 Å². The van der Waals surface area contributed by atoms with Crippen molar-refractivity contribution in [1.82, 2.24) is 5.32 Å². The van der Waals surface area contributed by atoms with E-state index < -0.39 is 23.7 Å². The van der Waals surface area contributed by atoms with Crippen LogP contribution in [0.4, 0.5) is 10.5 Å². The molecule has 0 fully saturated rings. The molecule has 1 aromatic heterocycles. The molecule has 8 heteroatoms. The fraction of sp³-hybridized carbons (Fsp3) is 0.190. The second-order valence-electron chi connectivity index (χ2n) is 6.34. The van der Waals surface area contributed by atoms with Crippen LogP contribution < -0.4 is 16.3 Å². The number of anilines is 1. The average Bonchev–Trinajstić information content (AvgIpc) is 2.70. The Morgan fingerprint density at radius 3 is 2.69 bits per heavy atom. The molecule has 150 valence electrons. The predicted molar refractivity (Wildman–Crippen MR) is 114 cm³/mol. The molecule has 7 nitrogen and oxygen atoms in total. The number of hydrogen-bond acceptors (Lipinski definition) is 5. The summed E-state index contributed by atoms with van der Waals surface area (Å²) >= 11 is 1.51. The van der Waals surface area contributed by atoms with Gasteiger partial charge < -0.3 is 20.2 Å². The lowest BCUT2D eigenvalue weighted by Crippen LogP contribution is -2.43. The maximum absolute atomic E-state index is 12.4. The molecular formula is C21H20N2O5S. The number of carbonyl (C=O) groups excluding carboxylic acids is 1. The molecule has 0 spiro atoms. The molecule has 3 rings (SSSR count). The van der Waals surface area contributed by atoms with Crippen LogP contribution in [0.15, 0.2) is 63.8 Å². The molecule has 0 radical (unpaired) electrons. The van der Waals surface area contributed by atoms with Crippen molar-refractivity contribution in [2.45, 2.75) is 12.5 Å². The Morgan fingerprint density at radius 1 is 1.14 bits per heavy atom. The van der Waals surface area contributed by atoms with Crippen LogP contribution in [0.3, 0.4) is 0 Å². The Balaban J connectivity index is 1.79. The third-order valence-electron chi connectivity index (χ3n) is 4.29. The van der Waals surface area contributed by atoms with E-state index in [0.717, 1.165) is 5.39 Å². The molecule has 1 atom stereocenters. The van der Waals surface area contributed by atoms with E-state index >= 15 is 0 Å². The fourth-order valence-corrected chi connectivity index (χ4v) is 3.32. The minimum atomic E-state index is -1.09. The number of amides is 2. The van der Waals surface area contributed by atoms with Crippen LogP contribution in [-0.4, -0.2) is 35.2 Å². The number of hydrogen-bond donors (Lipinski definition) is 3. The Hall–Kier alpha value is -3.26. The number of fused-ring (bicyclic) bond motifs is 1. The summed E-state index contributed by atoms with van der Waals surface area (Å²) in [5.74, 6) is -0.471. The number of urea groups is 1. The molecule has 3 N–H and O–H groups in total. The van der Waals surface area contributed by atoms with Gasteiger partial charge in [0.25, 0.3) is 0 Å². The number of carboxylic acid groups (broad SMARTS) is 1. The number of aliphatic carboxylic acids is 1. The zero-order chi connectivity index (χ0) is 20.8. The normalized spacial score (nSPS) is 11.8. The Morgan fingerprint density at radius 2 is 1.93 bits per heavy atom. The summed E-state index contributed by atoms with van der Waals surface area (Å²) in [7, 11) is 0. The minimum absolute atomic E-state index is 0.322. The van der Waals surface area contributed by atoms with E-state index in [1.165, 1.54) is 11.8 Å². The van der Waals surface area contributed by atoms with Crippen LogP contribution in [0.1, 0.15) is 6.42 Å². The zero-order valence-electron chi connectivity index (χ0n) is 15.7. The molecule has 2 amide bonds. The second kappa shape index (κ2) is 9.29. The van der Waals surface area contributed by atoms with Crippen molar-refractivity contribution in [3.63, 3.8) is 0 Å². The highest BCUT2D eigenvalue weighted by Crippen LogP contribution is 2.23. The second-order valence-corrected chi connectivity index (χ2v) is 7.32. The number of carboxylic acids is 1. The third-order valence-corrected chi connectivity index (χ3v) is 4.93. The number of benzene rings is 2. The highest BCUT2D eigenvalue weighted by Gasteiger charge is 2.19. The topological polar surface area (TPSA) is 109 Å². The molecule has 0 saturated heterocycles. The van der Waals surface area contributed by atoms with E-state index in [1.807, 2.05) is 18.4 Å². The minimum Gasteiger partial charge on any atom is -0.480 e. The molecule has 1 heterocycles. The third kappa shape index (κ3) is 5.17. The molecule has 29 heavy (non-hydrogen) atoms. The summed E-state index contributed by atoms with van der Waals surface area (Å²) in [4.78, 5) is 35.8. The first kappa shape index (κ1) is 20.5. The van der Waals surface area contributed by atoms with Crippen molar-refractivity contribution in [3.8, 4) is 11.1 Å². The van der Waals surface area contributed by atoms with Crippen molar-refractivity contribution in [2.24, 2.45) is 0 Å². The maximum Gasteiger partial charge on any atom is 0.344 e. The predicted octanol–water partition coefficient (Wildman–Crippen LogP) is 3.79. The largest absolute Gasteiger partial charge is 0.480 e. The first-order valence-corrected chi connectivity index (χ1v) is 10.3. The van der Waals surface area contributed by atoms with E-state index in [2.05, 4.69) is 10.6 Å². The lowest BCUT2D eigenvalue weighted by molar-refractivity contribution is -0.139. The van der Waals surface area contributed by atoms with E-state index in [-0.39, 0.29) is 0 Å². The molecule has 0 aliphatic carbocycles. The molecule has 0 saturated carbocycles. The summed E-state index contributed by atoms with van der Waals surface area (Å²) in [6, 6.07) is 14.1. The van der Waals surface area contributed by atoms with Crippen molar-refractivity contribution < 1.29 is 19.1 Å². The molecule has 1 unspecified atom stereocenters. The van der Waals surface area contributed by atoms with Crippen LogP contribution >= 0.6 is 11.8 Å². The summed E-state index contributed by atoms with van der Waals surface area (Å²) < 4.78 is 5.36. The Bertz CT molecular complexity index is 1100. The van der Waals surface area contributed by atoms with Gasteiger partial charge in [-0.05, 0) is 48.3 Å². The first-order valence-electron chi connectivity index (χ1n) is 8.90. The molecule has 0 aliphatic rings. The SMILES string of the molecule is CSCCC(NC(=O)Nc1cccc(-c2cc3ccccc3oc2=O)c1)C(=O)O. The van der Waals surface area contributed by atoms with Gasteiger partial charge in [0.2, 0.25) is 0 Å². The molecule has 0 aliphatic heterocycles. The Labute approximate surface area is 171 Å². The van der Waals surface area contributed by atoms with Crippen molar-refractivity contribution in [2.75, 3.05) is 17.3 Å². The number of nitrogens with one attached hydrogen (secondary N) is 2. The van der Waals surface area contributed by atoms with Gasteiger partial charge in [-0.1, -0.05) is 30.3 Å². The van der Waals surface area contributed by atoms with Gasteiger partial charge in [0.1, 0.15) is 11.6 Å². The standard InChI is InChI=1S/C21H20N2O5S/c1-29-10-9-17(19(24)25)23-21(27)22-15-7-4-6-13(11-15)16-12-14-5-2-3-8-18(14)28-20(16)26/h2-8,11-12,17H,9-10H2,1H3,(H,24,25)(H2,22,23,27). The van der Waals surface area contributed by atoms with Crippen molar-refractivity contribution in [1.29, 1.82) is 0 Å². The van der Waals surface area contributed by atoms with E-state index in [0.29, 0.717) is 34.6 Å². The monoisotopic (exact) mass is 412 g/mol. The number of para-hydroxylation sites is 1.